The molecular formula is C14H16N2O6. The minimum absolute atomic E-state index is 0.0255. The predicted octanol–water partition coefficient (Wildman–Crippen LogP) is 0.389. The van der Waals surface area contributed by atoms with Gasteiger partial charge in [-0.25, -0.2) is 9.59 Å². The van der Waals surface area contributed by atoms with Gasteiger partial charge in [0.25, 0.3) is 0 Å². The molecule has 5 N–H and O–H groups in total. The van der Waals surface area contributed by atoms with E-state index >= 15 is 0 Å². The fourth-order valence-corrected chi connectivity index (χ4v) is 1.68. The van der Waals surface area contributed by atoms with Crippen molar-refractivity contribution in [1.82, 2.24) is 5.32 Å². The van der Waals surface area contributed by atoms with Gasteiger partial charge in [0.05, 0.1) is 0 Å². The molecule has 0 aliphatic carbocycles. The number of carbonyl (C=O) groups excluding carboxylic acids is 1. The molecule has 8 heteroatoms. The number of benzene rings is 1. The third kappa shape index (κ3) is 5.61. The number of phenolic OH excluding ortho intramolecular Hbond substituents is 1. The number of carboxylic acids is 2. The first kappa shape index (κ1) is 17.2. The Morgan fingerprint density at radius 3 is 2.18 bits per heavy atom. The Hall–Kier alpha value is -2.90. The number of carbonyl (C=O) groups is 3. The number of hydrogen-bond acceptors (Lipinski definition) is 5. The van der Waals surface area contributed by atoms with E-state index in [-0.39, 0.29) is 25.0 Å². The summed E-state index contributed by atoms with van der Waals surface area (Å²) in [5.41, 5.74) is 0.00402. The van der Waals surface area contributed by atoms with E-state index in [2.05, 4.69) is 5.32 Å². The molecular weight excluding hydrogens is 292 g/mol. The van der Waals surface area contributed by atoms with Gasteiger partial charge < -0.3 is 20.6 Å². The number of carboxylic acid groups (broad SMARTS) is 2. The highest BCUT2D eigenvalue weighted by Gasteiger charge is 2.21. The van der Waals surface area contributed by atoms with E-state index in [1.165, 1.54) is 24.3 Å². The van der Waals surface area contributed by atoms with Crippen molar-refractivity contribution in [2.75, 3.05) is 0 Å². The number of hydrogen-bond donors (Lipinski definition) is 5. The topological polar surface area (TPSA) is 148 Å². The van der Waals surface area contributed by atoms with Gasteiger partial charge in [0, 0.05) is 19.3 Å². The van der Waals surface area contributed by atoms with Crippen molar-refractivity contribution in [2.24, 2.45) is 0 Å². The fourth-order valence-electron chi connectivity index (χ4n) is 1.68. The third-order valence-electron chi connectivity index (χ3n) is 2.87. The van der Waals surface area contributed by atoms with Gasteiger partial charge in [-0.15, -0.1) is 0 Å². The van der Waals surface area contributed by atoms with Gasteiger partial charge in [-0.1, -0.05) is 12.1 Å². The summed E-state index contributed by atoms with van der Waals surface area (Å²) in [4.78, 5) is 33.2. The molecule has 1 atom stereocenters. The van der Waals surface area contributed by atoms with E-state index in [1.807, 2.05) is 0 Å². The van der Waals surface area contributed by atoms with Crippen molar-refractivity contribution in [3.05, 3.63) is 29.8 Å². The molecule has 1 aromatic carbocycles. The van der Waals surface area contributed by atoms with Crippen LogP contribution in [0.2, 0.25) is 0 Å². The first-order valence-corrected chi connectivity index (χ1v) is 6.40. The van der Waals surface area contributed by atoms with Crippen molar-refractivity contribution >= 4 is 23.6 Å². The van der Waals surface area contributed by atoms with Crippen LogP contribution in [0.5, 0.6) is 5.75 Å². The molecule has 0 bridgehead atoms. The summed E-state index contributed by atoms with van der Waals surface area (Å²) in [6, 6.07) is 4.72. The SMILES string of the molecule is N=C(CCC(=O)N[C@@H](Cc1ccc(O)cc1)C(=O)O)C(=O)O. The van der Waals surface area contributed by atoms with Gasteiger partial charge in [0.2, 0.25) is 5.91 Å². The number of amides is 1. The number of nitrogens with one attached hydrogen (secondary N) is 2. The average Bonchev–Trinajstić information content (AvgIpc) is 2.46. The quantitative estimate of drug-likeness (QED) is 0.439. The summed E-state index contributed by atoms with van der Waals surface area (Å²) < 4.78 is 0. The molecule has 0 radical (unpaired) electrons. The predicted molar refractivity (Wildman–Crippen MR) is 76.0 cm³/mol. The van der Waals surface area contributed by atoms with Crippen LogP contribution in [0.25, 0.3) is 0 Å². The highest BCUT2D eigenvalue weighted by molar-refractivity contribution is 6.34. The Morgan fingerprint density at radius 2 is 1.68 bits per heavy atom. The van der Waals surface area contributed by atoms with Crippen LogP contribution >= 0.6 is 0 Å². The first-order valence-electron chi connectivity index (χ1n) is 6.40. The Kier molecular flexibility index (Phi) is 6.06. The zero-order chi connectivity index (χ0) is 16.7. The largest absolute Gasteiger partial charge is 0.508 e. The summed E-state index contributed by atoms with van der Waals surface area (Å²) in [6.45, 7) is 0. The average molecular weight is 308 g/mol. The molecule has 1 amide bonds. The Morgan fingerprint density at radius 1 is 1.09 bits per heavy atom. The van der Waals surface area contributed by atoms with Gasteiger partial charge in [0.15, 0.2) is 0 Å². The van der Waals surface area contributed by atoms with Crippen molar-refractivity contribution in [1.29, 1.82) is 5.41 Å². The van der Waals surface area contributed by atoms with Crippen LogP contribution in [-0.2, 0) is 20.8 Å². The lowest BCUT2D eigenvalue weighted by Crippen LogP contribution is -2.42. The van der Waals surface area contributed by atoms with Crippen LogP contribution < -0.4 is 5.32 Å². The van der Waals surface area contributed by atoms with Crippen LogP contribution in [-0.4, -0.2) is 44.9 Å². The molecule has 0 spiro atoms. The molecule has 22 heavy (non-hydrogen) atoms. The minimum atomic E-state index is -1.41. The molecule has 0 aliphatic rings. The lowest BCUT2D eigenvalue weighted by atomic mass is 10.1. The van der Waals surface area contributed by atoms with Crippen LogP contribution in [0.1, 0.15) is 18.4 Å². The molecule has 0 saturated carbocycles. The molecule has 1 rings (SSSR count). The Labute approximate surface area is 125 Å². The van der Waals surface area contributed by atoms with Crippen LogP contribution in [0.3, 0.4) is 0 Å². The zero-order valence-electron chi connectivity index (χ0n) is 11.6. The van der Waals surface area contributed by atoms with Gasteiger partial charge in [0.1, 0.15) is 17.5 Å². The number of aliphatic carboxylic acids is 2. The molecule has 0 unspecified atom stereocenters. The summed E-state index contributed by atoms with van der Waals surface area (Å²) in [5, 5.41) is 36.1. The number of rotatable bonds is 8. The van der Waals surface area contributed by atoms with E-state index in [0.717, 1.165) is 0 Å². The molecule has 0 fully saturated rings. The number of phenols is 1. The highest BCUT2D eigenvalue weighted by Crippen LogP contribution is 2.11. The van der Waals surface area contributed by atoms with E-state index < -0.39 is 29.6 Å². The van der Waals surface area contributed by atoms with Crippen LogP contribution in [0.4, 0.5) is 0 Å². The molecule has 118 valence electrons. The molecule has 0 aliphatic heterocycles. The molecule has 0 aromatic heterocycles. The molecule has 8 nitrogen and oxygen atoms in total. The number of aromatic hydroxyl groups is 1. The molecule has 0 saturated heterocycles. The molecule has 1 aromatic rings. The summed E-state index contributed by atoms with van der Waals surface area (Å²) >= 11 is 0. The smallest absolute Gasteiger partial charge is 0.349 e. The first-order chi connectivity index (χ1) is 10.3. The van der Waals surface area contributed by atoms with Gasteiger partial charge >= 0.3 is 11.9 Å². The van der Waals surface area contributed by atoms with E-state index in [0.29, 0.717) is 5.56 Å². The molecule has 0 heterocycles. The van der Waals surface area contributed by atoms with Gasteiger partial charge in [-0.3, -0.25) is 10.2 Å². The summed E-state index contributed by atoms with van der Waals surface area (Å²) in [5.74, 6) is -3.23. The maximum absolute atomic E-state index is 11.6. The van der Waals surface area contributed by atoms with Crippen LogP contribution in [0, 0.1) is 5.41 Å². The second-order valence-corrected chi connectivity index (χ2v) is 4.61. The van der Waals surface area contributed by atoms with Crippen molar-refractivity contribution in [3.63, 3.8) is 0 Å². The zero-order valence-corrected chi connectivity index (χ0v) is 11.6. The van der Waals surface area contributed by atoms with Crippen molar-refractivity contribution in [2.45, 2.75) is 25.3 Å². The monoisotopic (exact) mass is 308 g/mol. The van der Waals surface area contributed by atoms with E-state index in [9.17, 15) is 14.4 Å². The second-order valence-electron chi connectivity index (χ2n) is 4.61. The van der Waals surface area contributed by atoms with Crippen LogP contribution in [0.15, 0.2) is 24.3 Å². The second kappa shape index (κ2) is 7.77. The maximum atomic E-state index is 11.6. The van der Waals surface area contributed by atoms with E-state index in [1.54, 1.807) is 0 Å². The maximum Gasteiger partial charge on any atom is 0.349 e. The lowest BCUT2D eigenvalue weighted by molar-refractivity contribution is -0.141. The normalized spacial score (nSPS) is 11.5. The standard InChI is InChI=1S/C14H16N2O6/c15-10(13(19)20)5-6-12(18)16-11(14(21)22)7-8-1-3-9(17)4-2-8/h1-4,11,15,17H,5-7H2,(H,16,18)(H,19,20)(H,21,22)/t11-/m0/s1. The van der Waals surface area contributed by atoms with Gasteiger partial charge in [-0.05, 0) is 17.7 Å². The Balaban J connectivity index is 2.58. The fraction of sp³-hybridized carbons (Fsp3) is 0.286. The van der Waals surface area contributed by atoms with E-state index in [4.69, 9.17) is 20.7 Å². The lowest BCUT2D eigenvalue weighted by Gasteiger charge is -2.14. The third-order valence-corrected chi connectivity index (χ3v) is 2.87. The Bertz CT molecular complexity index is 582. The van der Waals surface area contributed by atoms with Crippen molar-refractivity contribution in [3.8, 4) is 5.75 Å². The highest BCUT2D eigenvalue weighted by atomic mass is 16.4. The minimum Gasteiger partial charge on any atom is -0.508 e. The van der Waals surface area contributed by atoms with Gasteiger partial charge in [-0.2, -0.15) is 0 Å². The summed E-state index contributed by atoms with van der Waals surface area (Å²) in [7, 11) is 0. The summed E-state index contributed by atoms with van der Waals surface area (Å²) in [6.07, 6.45) is -0.519. The van der Waals surface area contributed by atoms with Crippen molar-refractivity contribution < 1.29 is 29.7 Å².